The van der Waals surface area contributed by atoms with Crippen molar-refractivity contribution in [2.24, 2.45) is 5.92 Å². The van der Waals surface area contributed by atoms with Gasteiger partial charge < -0.3 is 10.0 Å². The van der Waals surface area contributed by atoms with Gasteiger partial charge in [0, 0.05) is 6.04 Å². The van der Waals surface area contributed by atoms with Gasteiger partial charge >= 0.3 is 5.97 Å². The van der Waals surface area contributed by atoms with E-state index in [4.69, 9.17) is 5.11 Å². The van der Waals surface area contributed by atoms with Crippen molar-refractivity contribution in [2.75, 3.05) is 13.1 Å². The predicted octanol–water partition coefficient (Wildman–Crippen LogP) is 1.37. The van der Waals surface area contributed by atoms with Crippen LogP contribution in [-0.2, 0) is 4.79 Å². The summed E-state index contributed by atoms with van der Waals surface area (Å²) in [5.41, 5.74) is 0. The van der Waals surface area contributed by atoms with Gasteiger partial charge in [-0.25, -0.2) is 0 Å². The molecule has 0 unspecified atom stereocenters. The number of nitrogens with zero attached hydrogens (tertiary/aromatic N) is 1. The smallest absolute Gasteiger partial charge is 0.306 e. The van der Waals surface area contributed by atoms with Crippen molar-refractivity contribution in [1.82, 2.24) is 4.90 Å². The van der Waals surface area contributed by atoms with Crippen molar-refractivity contribution in [3.63, 3.8) is 0 Å². The first kappa shape index (κ1) is 10.8. The van der Waals surface area contributed by atoms with Crippen LogP contribution in [0, 0.1) is 5.92 Å². The average Bonchev–Trinajstić information content (AvgIpc) is 2.34. The number of carboxylic acids is 1. The molecule has 2 rings (SSSR count). The van der Waals surface area contributed by atoms with Gasteiger partial charge in [-0.15, -0.1) is 12.4 Å². The van der Waals surface area contributed by atoms with Crippen LogP contribution in [0.15, 0.2) is 0 Å². The van der Waals surface area contributed by atoms with Gasteiger partial charge in [-0.3, -0.25) is 4.79 Å². The first-order chi connectivity index (χ1) is 5.77. The van der Waals surface area contributed by atoms with Crippen molar-refractivity contribution in [3.8, 4) is 0 Å². The summed E-state index contributed by atoms with van der Waals surface area (Å²) in [7, 11) is 0. The second kappa shape index (κ2) is 4.29. The highest BCUT2D eigenvalue weighted by Crippen LogP contribution is 2.33. The first-order valence-corrected chi connectivity index (χ1v) is 4.74. The monoisotopic (exact) mass is 205 g/mol. The second-order valence-corrected chi connectivity index (χ2v) is 3.90. The van der Waals surface area contributed by atoms with Gasteiger partial charge in [0.2, 0.25) is 0 Å². The van der Waals surface area contributed by atoms with Crippen LogP contribution in [0.4, 0.5) is 0 Å². The van der Waals surface area contributed by atoms with Crippen molar-refractivity contribution in [3.05, 3.63) is 0 Å². The molecule has 1 heterocycles. The lowest BCUT2D eigenvalue weighted by molar-refractivity contribution is -0.146. The van der Waals surface area contributed by atoms with Crippen molar-refractivity contribution in [1.29, 1.82) is 0 Å². The Morgan fingerprint density at radius 3 is 2.23 bits per heavy atom. The molecule has 0 atom stereocenters. The van der Waals surface area contributed by atoms with Gasteiger partial charge in [0.25, 0.3) is 0 Å². The Hall–Kier alpha value is -0.280. The summed E-state index contributed by atoms with van der Waals surface area (Å²) in [6.07, 6.45) is 4.37. The highest BCUT2D eigenvalue weighted by molar-refractivity contribution is 5.85. The summed E-state index contributed by atoms with van der Waals surface area (Å²) in [5.74, 6) is -0.652. The number of hydrogen-bond donors (Lipinski definition) is 1. The highest BCUT2D eigenvalue weighted by atomic mass is 35.5. The normalized spacial score (nSPS) is 33.5. The number of halogens is 1. The lowest BCUT2D eigenvalue weighted by Gasteiger charge is -2.38. The Bertz CT molecular complexity index is 186. The molecule has 0 spiro atoms. The number of rotatable bonds is 2. The van der Waals surface area contributed by atoms with Crippen molar-refractivity contribution >= 4 is 18.4 Å². The number of hydrogen-bond acceptors (Lipinski definition) is 2. The van der Waals surface area contributed by atoms with Crippen LogP contribution in [0.5, 0.6) is 0 Å². The number of carboxylic acid groups (broad SMARTS) is 1. The van der Waals surface area contributed by atoms with E-state index in [1.54, 1.807) is 0 Å². The maximum atomic E-state index is 10.5. The van der Waals surface area contributed by atoms with Crippen LogP contribution in [0.2, 0.25) is 0 Å². The van der Waals surface area contributed by atoms with Gasteiger partial charge in [-0.05, 0) is 38.8 Å². The molecule has 76 valence electrons. The highest BCUT2D eigenvalue weighted by Gasteiger charge is 2.38. The number of likely N-dealkylation sites (tertiary alicyclic amines) is 1. The van der Waals surface area contributed by atoms with Crippen molar-refractivity contribution in [2.45, 2.75) is 31.7 Å². The van der Waals surface area contributed by atoms with Crippen LogP contribution in [0.3, 0.4) is 0 Å². The lowest BCUT2D eigenvalue weighted by Crippen LogP contribution is -2.45. The van der Waals surface area contributed by atoms with Gasteiger partial charge in [-0.2, -0.15) is 0 Å². The Morgan fingerprint density at radius 1 is 1.23 bits per heavy atom. The molecule has 1 aliphatic heterocycles. The summed E-state index contributed by atoms with van der Waals surface area (Å²) >= 11 is 0. The molecule has 1 N–H and O–H groups in total. The molecular formula is C9H16ClNO2. The molecule has 2 aliphatic rings. The Morgan fingerprint density at radius 2 is 1.77 bits per heavy atom. The van der Waals surface area contributed by atoms with E-state index >= 15 is 0 Å². The second-order valence-electron chi connectivity index (χ2n) is 3.90. The molecule has 0 aromatic heterocycles. The minimum atomic E-state index is -0.606. The quantitative estimate of drug-likeness (QED) is 0.740. The topological polar surface area (TPSA) is 40.5 Å². The third-order valence-corrected chi connectivity index (χ3v) is 3.12. The summed E-state index contributed by atoms with van der Waals surface area (Å²) in [5, 5.41) is 8.68. The molecule has 0 bridgehead atoms. The average molecular weight is 206 g/mol. The van der Waals surface area contributed by atoms with Crippen molar-refractivity contribution < 1.29 is 9.90 Å². The Kier molecular flexibility index (Phi) is 3.56. The van der Waals surface area contributed by atoms with Gasteiger partial charge in [0.1, 0.15) is 0 Å². The predicted molar refractivity (Wildman–Crippen MR) is 52.2 cm³/mol. The van der Waals surface area contributed by atoms with E-state index < -0.39 is 5.97 Å². The zero-order chi connectivity index (χ0) is 8.55. The molecule has 1 aliphatic carbocycles. The maximum Gasteiger partial charge on any atom is 0.306 e. The SMILES string of the molecule is Cl.O=C(O)C1CC(N2CCCC2)C1. The van der Waals surface area contributed by atoms with Crippen LogP contribution in [0.25, 0.3) is 0 Å². The van der Waals surface area contributed by atoms with E-state index in [0.29, 0.717) is 6.04 Å². The zero-order valence-corrected chi connectivity index (χ0v) is 8.42. The van der Waals surface area contributed by atoms with Gasteiger partial charge in [-0.1, -0.05) is 0 Å². The Labute approximate surface area is 84.5 Å². The van der Waals surface area contributed by atoms with Crippen LogP contribution in [0.1, 0.15) is 25.7 Å². The summed E-state index contributed by atoms with van der Waals surface area (Å²) in [6, 6.07) is 0.591. The fourth-order valence-corrected chi connectivity index (χ4v) is 2.19. The van der Waals surface area contributed by atoms with E-state index in [9.17, 15) is 4.79 Å². The molecule has 13 heavy (non-hydrogen) atoms. The van der Waals surface area contributed by atoms with Gasteiger partial charge in [0.05, 0.1) is 5.92 Å². The standard InChI is InChI=1S/C9H15NO2.ClH/c11-9(12)7-5-8(6-7)10-3-1-2-4-10;/h7-8H,1-6H2,(H,11,12);1H. The molecule has 0 amide bonds. The molecule has 1 saturated carbocycles. The first-order valence-electron chi connectivity index (χ1n) is 4.74. The van der Waals surface area contributed by atoms with Crippen LogP contribution < -0.4 is 0 Å². The van der Waals surface area contributed by atoms with Gasteiger partial charge in [0.15, 0.2) is 0 Å². The van der Waals surface area contributed by atoms with E-state index in [-0.39, 0.29) is 18.3 Å². The minimum absolute atomic E-state index is 0. The third kappa shape index (κ3) is 2.15. The molecule has 0 aromatic rings. The maximum absolute atomic E-state index is 10.5. The molecule has 3 nitrogen and oxygen atoms in total. The number of aliphatic carboxylic acids is 1. The molecule has 4 heteroatoms. The fourth-order valence-electron chi connectivity index (χ4n) is 2.19. The summed E-state index contributed by atoms with van der Waals surface area (Å²) in [4.78, 5) is 13.0. The largest absolute Gasteiger partial charge is 0.481 e. The Balaban J connectivity index is 0.000000845. The van der Waals surface area contributed by atoms with E-state index in [2.05, 4.69) is 4.90 Å². The molecule has 0 aromatic carbocycles. The summed E-state index contributed by atoms with van der Waals surface area (Å²) in [6.45, 7) is 2.38. The number of carbonyl (C=O) groups is 1. The lowest BCUT2D eigenvalue weighted by atomic mass is 9.79. The van der Waals surface area contributed by atoms with Crippen LogP contribution in [-0.4, -0.2) is 35.1 Å². The molecule has 0 radical (unpaired) electrons. The minimum Gasteiger partial charge on any atom is -0.481 e. The van der Waals surface area contributed by atoms with E-state index in [0.717, 1.165) is 12.8 Å². The van der Waals surface area contributed by atoms with E-state index in [1.807, 2.05) is 0 Å². The molecule has 1 saturated heterocycles. The van der Waals surface area contributed by atoms with Crippen LogP contribution >= 0.6 is 12.4 Å². The molecular weight excluding hydrogens is 190 g/mol. The molecule has 2 fully saturated rings. The zero-order valence-electron chi connectivity index (χ0n) is 7.61. The van der Waals surface area contributed by atoms with E-state index in [1.165, 1.54) is 25.9 Å². The summed E-state index contributed by atoms with van der Waals surface area (Å²) < 4.78 is 0. The fraction of sp³-hybridized carbons (Fsp3) is 0.889. The third-order valence-electron chi connectivity index (χ3n) is 3.12.